The van der Waals surface area contributed by atoms with Crippen LogP contribution >= 0.6 is 0 Å². The molecule has 0 spiro atoms. The molecule has 0 saturated carbocycles. The fourth-order valence-corrected chi connectivity index (χ4v) is 2.43. The van der Waals surface area contributed by atoms with Gasteiger partial charge in [0.15, 0.2) is 0 Å². The third kappa shape index (κ3) is 2.53. The molecular formula is C15H23N3O2. The predicted molar refractivity (Wildman–Crippen MR) is 81.1 cm³/mol. The second kappa shape index (κ2) is 5.61. The molecule has 1 fully saturated rings. The lowest BCUT2D eigenvalue weighted by atomic mass is 9.97. The van der Waals surface area contributed by atoms with E-state index in [2.05, 4.69) is 12.2 Å². The highest BCUT2D eigenvalue weighted by atomic mass is 16.5. The summed E-state index contributed by atoms with van der Waals surface area (Å²) in [6.07, 6.45) is 0.932. The molecule has 1 amide bonds. The van der Waals surface area contributed by atoms with Gasteiger partial charge in [0.25, 0.3) is 0 Å². The normalized spacial score (nSPS) is 17.8. The van der Waals surface area contributed by atoms with E-state index in [1.54, 1.807) is 0 Å². The molecule has 110 valence electrons. The number of nitrogens with two attached hydrogens (primary N) is 1. The largest absolute Gasteiger partial charge is 0.491 e. The van der Waals surface area contributed by atoms with Gasteiger partial charge in [-0.05, 0) is 32.4 Å². The van der Waals surface area contributed by atoms with Gasteiger partial charge in [0.05, 0.1) is 18.0 Å². The maximum atomic E-state index is 12.0. The Labute approximate surface area is 120 Å². The maximum Gasteiger partial charge on any atom is 0.245 e. The Balaban J connectivity index is 2.34. The van der Waals surface area contributed by atoms with Crippen LogP contribution in [0, 0.1) is 0 Å². The van der Waals surface area contributed by atoms with Crippen LogP contribution in [-0.4, -0.2) is 31.1 Å². The average molecular weight is 277 g/mol. The number of carbonyl (C=O) groups is 1. The first-order valence-electron chi connectivity index (χ1n) is 7.05. The number of nitrogen functional groups attached to an aromatic ring is 1. The summed E-state index contributed by atoms with van der Waals surface area (Å²) in [5, 5.41) is 2.89. The Kier molecular flexibility index (Phi) is 4.06. The van der Waals surface area contributed by atoms with Crippen LogP contribution in [0.2, 0.25) is 0 Å². The van der Waals surface area contributed by atoms with Crippen LogP contribution < -0.4 is 20.7 Å². The third-order valence-corrected chi connectivity index (χ3v) is 3.65. The molecule has 1 heterocycles. The van der Waals surface area contributed by atoms with Gasteiger partial charge in [-0.15, -0.1) is 0 Å². The van der Waals surface area contributed by atoms with E-state index < -0.39 is 5.54 Å². The van der Waals surface area contributed by atoms with Crippen LogP contribution in [0.4, 0.5) is 11.4 Å². The molecule has 1 saturated heterocycles. The lowest BCUT2D eigenvalue weighted by molar-refractivity contribution is -0.126. The number of ether oxygens (including phenoxy) is 1. The summed E-state index contributed by atoms with van der Waals surface area (Å²) in [7, 11) is 0. The first-order chi connectivity index (χ1) is 9.48. The first-order valence-corrected chi connectivity index (χ1v) is 7.05. The number of benzene rings is 1. The van der Waals surface area contributed by atoms with E-state index in [9.17, 15) is 4.79 Å². The molecular weight excluding hydrogens is 254 g/mol. The molecule has 0 bridgehead atoms. The zero-order chi connectivity index (χ0) is 14.8. The molecule has 0 atom stereocenters. The third-order valence-electron chi connectivity index (χ3n) is 3.65. The minimum Gasteiger partial charge on any atom is -0.491 e. The molecule has 0 unspecified atom stereocenters. The number of hydrogen-bond donors (Lipinski definition) is 2. The van der Waals surface area contributed by atoms with Crippen LogP contribution in [0.1, 0.15) is 27.2 Å². The topological polar surface area (TPSA) is 67.6 Å². The van der Waals surface area contributed by atoms with Crippen LogP contribution in [0.5, 0.6) is 5.75 Å². The Hall–Kier alpha value is -1.91. The summed E-state index contributed by atoms with van der Waals surface area (Å²) >= 11 is 0. The zero-order valence-electron chi connectivity index (χ0n) is 12.4. The number of piperazine rings is 1. The zero-order valence-corrected chi connectivity index (χ0v) is 12.4. The number of amides is 1. The minimum absolute atomic E-state index is 0.0167. The molecule has 0 aliphatic carbocycles. The van der Waals surface area contributed by atoms with Crippen molar-refractivity contribution in [1.82, 2.24) is 5.32 Å². The molecule has 0 radical (unpaired) electrons. The van der Waals surface area contributed by atoms with Crippen LogP contribution in [0.3, 0.4) is 0 Å². The molecule has 5 nitrogen and oxygen atoms in total. The van der Waals surface area contributed by atoms with Crippen LogP contribution in [-0.2, 0) is 4.79 Å². The van der Waals surface area contributed by atoms with Crippen molar-refractivity contribution in [2.45, 2.75) is 32.7 Å². The fraction of sp³-hybridized carbons (Fsp3) is 0.533. The second-order valence-electron chi connectivity index (χ2n) is 5.50. The Bertz CT molecular complexity index is 500. The molecule has 3 N–H and O–H groups in total. The molecule has 1 aromatic carbocycles. The van der Waals surface area contributed by atoms with E-state index in [1.807, 2.05) is 36.9 Å². The summed E-state index contributed by atoms with van der Waals surface area (Å²) in [5.41, 5.74) is 7.07. The van der Waals surface area contributed by atoms with Crippen molar-refractivity contribution >= 4 is 17.3 Å². The minimum atomic E-state index is -0.615. The predicted octanol–water partition coefficient (Wildman–Crippen LogP) is 1.77. The first kappa shape index (κ1) is 14.5. The number of carbonyl (C=O) groups excluding carboxylic acids is 1. The van der Waals surface area contributed by atoms with Crippen molar-refractivity contribution in [3.63, 3.8) is 0 Å². The van der Waals surface area contributed by atoms with Crippen molar-refractivity contribution in [2.75, 3.05) is 30.3 Å². The SMILES string of the molecule is CCCOc1cccc(N2CCNC(=O)C2(C)C)c1N. The smallest absolute Gasteiger partial charge is 0.245 e. The number of rotatable bonds is 4. The molecule has 0 aromatic heterocycles. The molecule has 2 rings (SSSR count). The lowest BCUT2D eigenvalue weighted by Gasteiger charge is -2.43. The van der Waals surface area contributed by atoms with Gasteiger partial charge in [-0.3, -0.25) is 4.79 Å². The Morgan fingerprint density at radius 2 is 2.20 bits per heavy atom. The van der Waals surface area contributed by atoms with Crippen molar-refractivity contribution in [3.05, 3.63) is 18.2 Å². The molecule has 5 heteroatoms. The van der Waals surface area contributed by atoms with Gasteiger partial charge in [0, 0.05) is 13.1 Å². The van der Waals surface area contributed by atoms with Gasteiger partial charge in [0.1, 0.15) is 11.3 Å². The maximum absolute atomic E-state index is 12.0. The average Bonchev–Trinajstić information content (AvgIpc) is 2.41. The number of para-hydroxylation sites is 1. The highest BCUT2D eigenvalue weighted by Gasteiger charge is 2.38. The van der Waals surface area contributed by atoms with Crippen molar-refractivity contribution < 1.29 is 9.53 Å². The van der Waals surface area contributed by atoms with E-state index in [4.69, 9.17) is 10.5 Å². The van der Waals surface area contributed by atoms with Crippen molar-refractivity contribution in [3.8, 4) is 5.75 Å². The Morgan fingerprint density at radius 1 is 1.45 bits per heavy atom. The second-order valence-corrected chi connectivity index (χ2v) is 5.50. The number of nitrogens with one attached hydrogen (secondary N) is 1. The summed E-state index contributed by atoms with van der Waals surface area (Å²) in [4.78, 5) is 14.1. The highest BCUT2D eigenvalue weighted by Crippen LogP contribution is 2.36. The summed E-state index contributed by atoms with van der Waals surface area (Å²) in [6, 6.07) is 5.72. The van der Waals surface area contributed by atoms with Gasteiger partial charge >= 0.3 is 0 Å². The number of nitrogens with zero attached hydrogens (tertiary/aromatic N) is 1. The van der Waals surface area contributed by atoms with Gasteiger partial charge < -0.3 is 20.7 Å². The quantitative estimate of drug-likeness (QED) is 0.823. The number of anilines is 2. The van der Waals surface area contributed by atoms with Crippen molar-refractivity contribution in [1.29, 1.82) is 0 Å². The highest BCUT2D eigenvalue weighted by molar-refractivity contribution is 5.92. The van der Waals surface area contributed by atoms with Gasteiger partial charge in [-0.2, -0.15) is 0 Å². The van der Waals surface area contributed by atoms with E-state index in [0.29, 0.717) is 24.6 Å². The summed E-state index contributed by atoms with van der Waals surface area (Å²) in [5.74, 6) is 0.703. The lowest BCUT2D eigenvalue weighted by Crippen LogP contribution is -2.62. The van der Waals surface area contributed by atoms with Crippen LogP contribution in [0.25, 0.3) is 0 Å². The molecule has 1 aliphatic heterocycles. The summed E-state index contributed by atoms with van der Waals surface area (Å²) in [6.45, 7) is 7.86. The summed E-state index contributed by atoms with van der Waals surface area (Å²) < 4.78 is 5.66. The van der Waals surface area contributed by atoms with Gasteiger partial charge in [-0.1, -0.05) is 13.0 Å². The van der Waals surface area contributed by atoms with Crippen molar-refractivity contribution in [2.24, 2.45) is 0 Å². The number of hydrogen-bond acceptors (Lipinski definition) is 4. The van der Waals surface area contributed by atoms with E-state index >= 15 is 0 Å². The van der Waals surface area contributed by atoms with E-state index in [1.165, 1.54) is 0 Å². The monoisotopic (exact) mass is 277 g/mol. The standard InChI is InChI=1S/C15H23N3O2/c1-4-10-20-12-7-5-6-11(13(12)16)18-9-8-17-14(19)15(18,2)3/h5-7H,4,8-10,16H2,1-3H3,(H,17,19). The fourth-order valence-electron chi connectivity index (χ4n) is 2.43. The van der Waals surface area contributed by atoms with Crippen LogP contribution in [0.15, 0.2) is 18.2 Å². The molecule has 1 aromatic rings. The molecule has 20 heavy (non-hydrogen) atoms. The Morgan fingerprint density at radius 3 is 2.90 bits per heavy atom. The van der Waals surface area contributed by atoms with Gasteiger partial charge in [-0.25, -0.2) is 0 Å². The molecule has 1 aliphatic rings. The van der Waals surface area contributed by atoms with E-state index in [-0.39, 0.29) is 5.91 Å². The van der Waals surface area contributed by atoms with E-state index in [0.717, 1.165) is 18.7 Å². The van der Waals surface area contributed by atoms with Gasteiger partial charge in [0.2, 0.25) is 5.91 Å².